The largest absolute Gasteiger partial charge is 0.369 e. The lowest BCUT2D eigenvalue weighted by molar-refractivity contribution is -0.0767. The standard InChI is InChI=1S/C13H19Br2NOS/c1-12(2)6-8(13(3,4)17-12)10(16)7-5-9(14)18-11(7)15/h5,8,10H,6,16H2,1-4H3. The third-order valence-electron chi connectivity index (χ3n) is 3.62. The van der Waals surface area contributed by atoms with Crippen LogP contribution in [0.4, 0.5) is 0 Å². The number of nitrogens with two attached hydrogens (primary N) is 1. The van der Waals surface area contributed by atoms with E-state index in [-0.39, 0.29) is 17.2 Å². The molecular formula is C13H19Br2NOS. The van der Waals surface area contributed by atoms with Gasteiger partial charge in [0, 0.05) is 12.0 Å². The van der Waals surface area contributed by atoms with Crippen LogP contribution in [0.5, 0.6) is 0 Å². The van der Waals surface area contributed by atoms with Gasteiger partial charge < -0.3 is 10.5 Å². The average Bonchev–Trinajstić information content (AvgIpc) is 2.61. The molecule has 0 amide bonds. The van der Waals surface area contributed by atoms with Crippen LogP contribution < -0.4 is 5.73 Å². The van der Waals surface area contributed by atoms with E-state index in [1.807, 2.05) is 0 Å². The number of rotatable bonds is 2. The Morgan fingerprint density at radius 2 is 2.00 bits per heavy atom. The number of thiophene rings is 1. The van der Waals surface area contributed by atoms with E-state index >= 15 is 0 Å². The summed E-state index contributed by atoms with van der Waals surface area (Å²) in [6, 6.07) is 2.11. The fourth-order valence-electron chi connectivity index (χ4n) is 2.96. The second-order valence-corrected chi connectivity index (χ2v) is 9.83. The normalized spacial score (nSPS) is 27.4. The first-order valence-electron chi connectivity index (χ1n) is 6.03. The predicted molar refractivity (Wildman–Crippen MR) is 84.0 cm³/mol. The van der Waals surface area contributed by atoms with Crippen molar-refractivity contribution in [3.05, 3.63) is 19.2 Å². The van der Waals surface area contributed by atoms with Crippen molar-refractivity contribution in [1.29, 1.82) is 0 Å². The molecule has 1 aliphatic rings. The Hall–Kier alpha value is 0.580. The van der Waals surface area contributed by atoms with E-state index < -0.39 is 0 Å². The lowest BCUT2D eigenvalue weighted by Gasteiger charge is -2.31. The molecule has 2 rings (SSSR count). The molecule has 18 heavy (non-hydrogen) atoms. The Balaban J connectivity index is 2.29. The van der Waals surface area contributed by atoms with Crippen molar-refractivity contribution in [1.82, 2.24) is 0 Å². The zero-order valence-electron chi connectivity index (χ0n) is 11.1. The minimum atomic E-state index is -0.184. The molecule has 2 N–H and O–H groups in total. The minimum absolute atomic E-state index is 0.00120. The van der Waals surface area contributed by atoms with Crippen molar-refractivity contribution in [2.75, 3.05) is 0 Å². The Bertz CT molecular complexity index is 456. The second kappa shape index (κ2) is 4.85. The molecule has 1 aromatic rings. The summed E-state index contributed by atoms with van der Waals surface area (Å²) in [6.45, 7) is 8.56. The van der Waals surface area contributed by atoms with Gasteiger partial charge in [-0.05, 0) is 77.6 Å². The third kappa shape index (κ3) is 2.85. The Labute approximate surface area is 130 Å². The van der Waals surface area contributed by atoms with Crippen molar-refractivity contribution in [3.8, 4) is 0 Å². The molecule has 0 bridgehead atoms. The van der Waals surface area contributed by atoms with Crippen LogP contribution in [0.25, 0.3) is 0 Å². The molecule has 1 saturated heterocycles. The van der Waals surface area contributed by atoms with Gasteiger partial charge in [-0.1, -0.05) is 0 Å². The van der Waals surface area contributed by atoms with Crippen molar-refractivity contribution in [2.45, 2.75) is 51.4 Å². The zero-order chi connectivity index (χ0) is 13.7. The zero-order valence-corrected chi connectivity index (χ0v) is 15.1. The van der Waals surface area contributed by atoms with Crippen LogP contribution in [0.3, 0.4) is 0 Å². The van der Waals surface area contributed by atoms with Crippen LogP contribution in [0, 0.1) is 5.92 Å². The van der Waals surface area contributed by atoms with E-state index in [0.29, 0.717) is 5.92 Å². The Morgan fingerprint density at radius 3 is 2.39 bits per heavy atom. The van der Waals surface area contributed by atoms with Crippen molar-refractivity contribution >= 4 is 43.2 Å². The first-order valence-corrected chi connectivity index (χ1v) is 8.43. The van der Waals surface area contributed by atoms with E-state index in [0.717, 1.165) is 14.0 Å². The highest BCUT2D eigenvalue weighted by Crippen LogP contribution is 2.49. The first kappa shape index (κ1) is 15.0. The molecule has 2 unspecified atom stereocenters. The Kier molecular flexibility index (Phi) is 4.03. The van der Waals surface area contributed by atoms with E-state index in [4.69, 9.17) is 10.5 Å². The lowest BCUT2D eigenvalue weighted by Crippen LogP contribution is -2.35. The van der Waals surface area contributed by atoms with Crippen molar-refractivity contribution in [3.63, 3.8) is 0 Å². The number of ether oxygens (including phenoxy) is 1. The smallest absolute Gasteiger partial charge is 0.0758 e. The van der Waals surface area contributed by atoms with E-state index in [1.54, 1.807) is 11.3 Å². The molecule has 2 atom stereocenters. The van der Waals surface area contributed by atoms with Gasteiger partial charge >= 0.3 is 0 Å². The van der Waals surface area contributed by atoms with Gasteiger partial charge in [0.05, 0.1) is 18.8 Å². The fraction of sp³-hybridized carbons (Fsp3) is 0.692. The molecule has 5 heteroatoms. The molecule has 102 valence electrons. The summed E-state index contributed by atoms with van der Waals surface area (Å²) in [5.74, 6) is 0.324. The number of hydrogen-bond acceptors (Lipinski definition) is 3. The SMILES string of the molecule is CC1(C)CC(C(N)c2cc(Br)sc2Br)C(C)(C)O1. The molecule has 0 aromatic carbocycles. The van der Waals surface area contributed by atoms with Gasteiger partial charge in [0.15, 0.2) is 0 Å². The van der Waals surface area contributed by atoms with Gasteiger partial charge in [0.1, 0.15) is 0 Å². The molecule has 1 aromatic heterocycles. The third-order valence-corrected chi connectivity index (χ3v) is 6.01. The van der Waals surface area contributed by atoms with Crippen LogP contribution in [0.2, 0.25) is 0 Å². The fourth-order valence-corrected chi connectivity index (χ4v) is 5.92. The van der Waals surface area contributed by atoms with Crippen LogP contribution in [-0.4, -0.2) is 11.2 Å². The molecule has 0 saturated carbocycles. The molecular weight excluding hydrogens is 378 g/mol. The van der Waals surface area contributed by atoms with Crippen LogP contribution in [0.1, 0.15) is 45.7 Å². The second-order valence-electron chi connectivity index (χ2n) is 6.08. The summed E-state index contributed by atoms with van der Waals surface area (Å²) in [5, 5.41) is 0. The minimum Gasteiger partial charge on any atom is -0.369 e. The van der Waals surface area contributed by atoms with E-state index in [9.17, 15) is 0 Å². The van der Waals surface area contributed by atoms with Gasteiger partial charge in [0.2, 0.25) is 0 Å². The molecule has 1 fully saturated rings. The molecule has 2 heterocycles. The molecule has 1 aliphatic heterocycles. The highest BCUT2D eigenvalue weighted by molar-refractivity contribution is 9.12. The lowest BCUT2D eigenvalue weighted by atomic mass is 9.80. The summed E-state index contributed by atoms with van der Waals surface area (Å²) in [5.41, 5.74) is 7.38. The number of hydrogen-bond donors (Lipinski definition) is 1. The quantitative estimate of drug-likeness (QED) is 0.773. The van der Waals surface area contributed by atoms with Crippen LogP contribution in [-0.2, 0) is 4.74 Å². The monoisotopic (exact) mass is 395 g/mol. The molecule has 0 radical (unpaired) electrons. The summed E-state index contributed by atoms with van der Waals surface area (Å²) in [4.78, 5) is 0. The highest BCUT2D eigenvalue weighted by Gasteiger charge is 2.48. The molecule has 0 spiro atoms. The topological polar surface area (TPSA) is 35.2 Å². The van der Waals surface area contributed by atoms with E-state index in [2.05, 4.69) is 65.6 Å². The highest BCUT2D eigenvalue weighted by atomic mass is 79.9. The summed E-state index contributed by atoms with van der Waals surface area (Å²) in [6.07, 6.45) is 0.987. The summed E-state index contributed by atoms with van der Waals surface area (Å²) >= 11 is 8.78. The maximum Gasteiger partial charge on any atom is 0.0758 e. The van der Waals surface area contributed by atoms with Gasteiger partial charge in [0.25, 0.3) is 0 Å². The number of halogens is 2. The first-order chi connectivity index (χ1) is 8.12. The van der Waals surface area contributed by atoms with E-state index in [1.165, 1.54) is 5.56 Å². The van der Waals surface area contributed by atoms with Gasteiger partial charge in [-0.15, -0.1) is 11.3 Å². The van der Waals surface area contributed by atoms with Gasteiger partial charge in [-0.3, -0.25) is 0 Å². The molecule has 0 aliphatic carbocycles. The van der Waals surface area contributed by atoms with Crippen molar-refractivity contribution < 1.29 is 4.74 Å². The predicted octanol–water partition coefficient (Wildman–Crippen LogP) is 4.87. The maximum absolute atomic E-state index is 6.49. The van der Waals surface area contributed by atoms with Crippen LogP contribution >= 0.6 is 43.2 Å². The van der Waals surface area contributed by atoms with Gasteiger partial charge in [-0.2, -0.15) is 0 Å². The summed E-state index contributed by atoms with van der Waals surface area (Å²) < 4.78 is 8.35. The van der Waals surface area contributed by atoms with Crippen molar-refractivity contribution in [2.24, 2.45) is 11.7 Å². The summed E-state index contributed by atoms with van der Waals surface area (Å²) in [7, 11) is 0. The maximum atomic E-state index is 6.49. The van der Waals surface area contributed by atoms with Crippen LogP contribution in [0.15, 0.2) is 13.6 Å². The Morgan fingerprint density at radius 1 is 1.39 bits per heavy atom. The average molecular weight is 397 g/mol. The van der Waals surface area contributed by atoms with Gasteiger partial charge in [-0.25, -0.2) is 0 Å². The molecule has 2 nitrogen and oxygen atoms in total.